The van der Waals surface area contributed by atoms with E-state index in [9.17, 15) is 0 Å². The highest BCUT2D eigenvalue weighted by Crippen LogP contribution is 2.33. The largest absolute Gasteiger partial charge is 0.364 e. The van der Waals surface area contributed by atoms with Gasteiger partial charge in [-0.05, 0) is 12.1 Å². The SMILES string of the molecule is Clc1cccc(Cl)c1-c1cnoc1. The number of hydrogen-bond acceptors (Lipinski definition) is 2. The minimum atomic E-state index is 0.593. The van der Waals surface area contributed by atoms with E-state index in [4.69, 9.17) is 27.7 Å². The molecule has 1 heterocycles. The summed E-state index contributed by atoms with van der Waals surface area (Å²) in [6.07, 6.45) is 3.08. The molecule has 0 amide bonds. The molecule has 0 atom stereocenters. The van der Waals surface area contributed by atoms with Crippen LogP contribution in [0.15, 0.2) is 35.2 Å². The van der Waals surface area contributed by atoms with E-state index in [1.54, 1.807) is 24.4 Å². The average Bonchev–Trinajstić information content (AvgIpc) is 2.57. The Morgan fingerprint density at radius 3 is 2.38 bits per heavy atom. The molecule has 2 rings (SSSR count). The first-order chi connectivity index (χ1) is 6.29. The van der Waals surface area contributed by atoms with Gasteiger partial charge in [0, 0.05) is 11.1 Å². The molecule has 0 bridgehead atoms. The van der Waals surface area contributed by atoms with Gasteiger partial charge in [-0.15, -0.1) is 0 Å². The summed E-state index contributed by atoms with van der Waals surface area (Å²) in [5.41, 5.74) is 1.54. The quantitative estimate of drug-likeness (QED) is 0.723. The van der Waals surface area contributed by atoms with Gasteiger partial charge in [-0.1, -0.05) is 34.4 Å². The summed E-state index contributed by atoms with van der Waals surface area (Å²) in [6.45, 7) is 0. The highest BCUT2D eigenvalue weighted by atomic mass is 35.5. The van der Waals surface area contributed by atoms with Crippen LogP contribution in [-0.2, 0) is 0 Å². The van der Waals surface area contributed by atoms with Gasteiger partial charge in [0.2, 0.25) is 0 Å². The molecule has 2 aromatic rings. The van der Waals surface area contributed by atoms with E-state index in [0.29, 0.717) is 10.0 Å². The molecule has 0 unspecified atom stereocenters. The molecule has 0 saturated carbocycles. The molecule has 0 aliphatic rings. The van der Waals surface area contributed by atoms with Crippen LogP contribution in [0, 0.1) is 0 Å². The van der Waals surface area contributed by atoms with Gasteiger partial charge in [-0.2, -0.15) is 0 Å². The lowest BCUT2D eigenvalue weighted by molar-refractivity contribution is 0.420. The highest BCUT2D eigenvalue weighted by Gasteiger charge is 2.09. The Morgan fingerprint density at radius 1 is 1.15 bits per heavy atom. The Hall–Kier alpha value is -0.990. The van der Waals surface area contributed by atoms with Gasteiger partial charge >= 0.3 is 0 Å². The van der Waals surface area contributed by atoms with Crippen molar-refractivity contribution in [2.45, 2.75) is 0 Å². The maximum atomic E-state index is 5.97. The Bertz CT molecular complexity index is 391. The normalized spacial score (nSPS) is 10.3. The smallest absolute Gasteiger partial charge is 0.131 e. The van der Waals surface area contributed by atoms with Crippen molar-refractivity contribution < 1.29 is 4.52 Å². The molecule has 2 nitrogen and oxygen atoms in total. The van der Waals surface area contributed by atoms with Crippen LogP contribution in [0.1, 0.15) is 0 Å². The molecule has 0 aliphatic heterocycles. The molecule has 13 heavy (non-hydrogen) atoms. The van der Waals surface area contributed by atoms with E-state index in [-0.39, 0.29) is 0 Å². The first kappa shape index (κ1) is 8.60. The van der Waals surface area contributed by atoms with E-state index in [0.717, 1.165) is 11.1 Å². The van der Waals surface area contributed by atoms with Crippen LogP contribution in [0.4, 0.5) is 0 Å². The third-order valence-corrected chi connectivity index (χ3v) is 2.31. The van der Waals surface area contributed by atoms with Crippen molar-refractivity contribution in [2.75, 3.05) is 0 Å². The van der Waals surface area contributed by atoms with E-state index >= 15 is 0 Å². The molecular weight excluding hydrogens is 209 g/mol. The van der Waals surface area contributed by atoms with E-state index < -0.39 is 0 Å². The Balaban J connectivity index is 2.64. The van der Waals surface area contributed by atoms with Gasteiger partial charge < -0.3 is 4.52 Å². The summed E-state index contributed by atoms with van der Waals surface area (Å²) >= 11 is 11.9. The lowest BCUT2D eigenvalue weighted by Gasteiger charge is -2.01. The molecule has 0 radical (unpaired) electrons. The zero-order valence-corrected chi connectivity index (χ0v) is 8.01. The monoisotopic (exact) mass is 213 g/mol. The van der Waals surface area contributed by atoms with Gasteiger partial charge in [0.05, 0.1) is 16.2 Å². The third-order valence-electron chi connectivity index (χ3n) is 1.68. The molecule has 0 saturated heterocycles. The number of hydrogen-bond donors (Lipinski definition) is 0. The van der Waals surface area contributed by atoms with Crippen LogP contribution >= 0.6 is 23.2 Å². The van der Waals surface area contributed by atoms with Crippen molar-refractivity contribution in [1.29, 1.82) is 0 Å². The second-order valence-electron chi connectivity index (χ2n) is 2.51. The second-order valence-corrected chi connectivity index (χ2v) is 3.32. The van der Waals surface area contributed by atoms with Crippen molar-refractivity contribution in [3.05, 3.63) is 40.7 Å². The van der Waals surface area contributed by atoms with E-state index in [1.165, 1.54) is 6.26 Å². The number of rotatable bonds is 1. The molecule has 0 aliphatic carbocycles. The van der Waals surface area contributed by atoms with Crippen LogP contribution in [-0.4, -0.2) is 5.16 Å². The Labute approximate surface area is 85.1 Å². The first-order valence-corrected chi connectivity index (χ1v) is 4.38. The molecule has 66 valence electrons. The highest BCUT2D eigenvalue weighted by molar-refractivity contribution is 6.39. The number of aromatic nitrogens is 1. The maximum absolute atomic E-state index is 5.97. The minimum Gasteiger partial charge on any atom is -0.364 e. The van der Waals surface area contributed by atoms with Crippen LogP contribution < -0.4 is 0 Å². The Morgan fingerprint density at radius 2 is 1.85 bits per heavy atom. The first-order valence-electron chi connectivity index (χ1n) is 3.63. The molecular formula is C9H5Cl2NO. The molecule has 0 spiro atoms. The van der Waals surface area contributed by atoms with Gasteiger partial charge in [0.1, 0.15) is 6.26 Å². The summed E-state index contributed by atoms with van der Waals surface area (Å²) in [5, 5.41) is 4.77. The predicted octanol–water partition coefficient (Wildman–Crippen LogP) is 3.65. The molecule has 0 N–H and O–H groups in total. The van der Waals surface area contributed by atoms with Crippen molar-refractivity contribution >= 4 is 23.2 Å². The van der Waals surface area contributed by atoms with Crippen LogP contribution in [0.2, 0.25) is 10.0 Å². The fourth-order valence-corrected chi connectivity index (χ4v) is 1.72. The fraction of sp³-hybridized carbons (Fsp3) is 0. The number of halogens is 2. The van der Waals surface area contributed by atoms with Crippen molar-refractivity contribution in [3.8, 4) is 11.1 Å². The van der Waals surface area contributed by atoms with Gasteiger partial charge in [-0.25, -0.2) is 0 Å². The van der Waals surface area contributed by atoms with Gasteiger partial charge in [-0.3, -0.25) is 0 Å². The second kappa shape index (κ2) is 3.40. The Kier molecular flexibility index (Phi) is 2.25. The van der Waals surface area contributed by atoms with Crippen LogP contribution in [0.25, 0.3) is 11.1 Å². The number of benzene rings is 1. The summed E-state index contributed by atoms with van der Waals surface area (Å²) in [7, 11) is 0. The third kappa shape index (κ3) is 1.55. The lowest BCUT2D eigenvalue weighted by atomic mass is 10.1. The lowest BCUT2D eigenvalue weighted by Crippen LogP contribution is -1.77. The topological polar surface area (TPSA) is 26.0 Å². The average molecular weight is 214 g/mol. The van der Waals surface area contributed by atoms with Crippen molar-refractivity contribution in [3.63, 3.8) is 0 Å². The van der Waals surface area contributed by atoms with Gasteiger partial charge in [0.15, 0.2) is 0 Å². The summed E-state index contributed by atoms with van der Waals surface area (Å²) in [5.74, 6) is 0. The number of nitrogens with zero attached hydrogens (tertiary/aromatic N) is 1. The van der Waals surface area contributed by atoms with E-state index in [2.05, 4.69) is 5.16 Å². The molecule has 1 aromatic carbocycles. The van der Waals surface area contributed by atoms with Crippen LogP contribution in [0.5, 0.6) is 0 Å². The van der Waals surface area contributed by atoms with Crippen LogP contribution in [0.3, 0.4) is 0 Å². The van der Waals surface area contributed by atoms with E-state index in [1.807, 2.05) is 0 Å². The minimum absolute atomic E-state index is 0.593. The molecule has 4 heteroatoms. The summed E-state index contributed by atoms with van der Waals surface area (Å²) in [6, 6.07) is 5.34. The molecule has 0 fully saturated rings. The maximum Gasteiger partial charge on any atom is 0.131 e. The van der Waals surface area contributed by atoms with Gasteiger partial charge in [0.25, 0.3) is 0 Å². The van der Waals surface area contributed by atoms with Crippen molar-refractivity contribution in [1.82, 2.24) is 5.16 Å². The summed E-state index contributed by atoms with van der Waals surface area (Å²) < 4.78 is 4.71. The molecule has 1 aromatic heterocycles. The fourth-order valence-electron chi connectivity index (χ4n) is 1.10. The predicted molar refractivity (Wildman–Crippen MR) is 52.0 cm³/mol. The standard InChI is InChI=1S/C9H5Cl2NO/c10-7-2-1-3-8(11)9(7)6-4-12-13-5-6/h1-5H. The van der Waals surface area contributed by atoms with Crippen molar-refractivity contribution in [2.24, 2.45) is 0 Å². The zero-order chi connectivity index (χ0) is 9.26. The zero-order valence-electron chi connectivity index (χ0n) is 6.50. The summed E-state index contributed by atoms with van der Waals surface area (Å²) in [4.78, 5) is 0.